The molecule has 0 radical (unpaired) electrons. The Labute approximate surface area is 147 Å². The third kappa shape index (κ3) is 2.97. The lowest BCUT2D eigenvalue weighted by atomic mass is 9.88. The van der Waals surface area contributed by atoms with E-state index in [9.17, 15) is 0 Å². The van der Waals surface area contributed by atoms with Crippen LogP contribution in [-0.4, -0.2) is 11.5 Å². The van der Waals surface area contributed by atoms with Gasteiger partial charge in [-0.2, -0.15) is 11.8 Å². The third-order valence-corrected chi connectivity index (χ3v) is 6.60. The molecular formula is C21H21ClS. The lowest BCUT2D eigenvalue weighted by molar-refractivity contribution is 0.643. The molecule has 2 aromatic carbocycles. The topological polar surface area (TPSA) is 0 Å². The van der Waals surface area contributed by atoms with Gasteiger partial charge in [-0.1, -0.05) is 60.5 Å². The van der Waals surface area contributed by atoms with Gasteiger partial charge in [0.1, 0.15) is 0 Å². The van der Waals surface area contributed by atoms with Crippen molar-refractivity contribution in [2.75, 3.05) is 11.5 Å². The number of hydrogen-bond donors (Lipinski definition) is 0. The minimum atomic E-state index is 0.609. The minimum absolute atomic E-state index is 0.609. The van der Waals surface area contributed by atoms with E-state index in [-0.39, 0.29) is 0 Å². The van der Waals surface area contributed by atoms with Crippen molar-refractivity contribution in [3.63, 3.8) is 0 Å². The van der Waals surface area contributed by atoms with Crippen LogP contribution in [0.5, 0.6) is 0 Å². The summed E-state index contributed by atoms with van der Waals surface area (Å²) in [5.74, 6) is 4.01. The van der Waals surface area contributed by atoms with E-state index in [4.69, 9.17) is 11.6 Å². The second-order valence-electron chi connectivity index (χ2n) is 6.57. The largest absolute Gasteiger partial charge is 0.157 e. The SMILES string of the molecule is CCc1ccc(-c2ccc(Cl)cc2)cc1C1C=C2CSCC2C1. The van der Waals surface area contributed by atoms with Crippen LogP contribution in [-0.2, 0) is 6.42 Å². The van der Waals surface area contributed by atoms with Crippen LogP contribution in [0.1, 0.15) is 30.4 Å². The van der Waals surface area contributed by atoms with Gasteiger partial charge in [0.25, 0.3) is 0 Å². The first-order chi connectivity index (χ1) is 11.2. The average molecular weight is 341 g/mol. The van der Waals surface area contributed by atoms with Crippen LogP contribution < -0.4 is 0 Å². The van der Waals surface area contributed by atoms with E-state index in [2.05, 4.69) is 55.1 Å². The molecule has 1 saturated heterocycles. The number of rotatable bonds is 3. The molecule has 23 heavy (non-hydrogen) atoms. The van der Waals surface area contributed by atoms with Crippen molar-refractivity contribution in [3.05, 3.63) is 70.3 Å². The molecule has 0 aromatic heterocycles. The molecule has 0 bridgehead atoms. The van der Waals surface area contributed by atoms with E-state index in [1.54, 1.807) is 5.57 Å². The van der Waals surface area contributed by atoms with Gasteiger partial charge in [-0.15, -0.1) is 0 Å². The van der Waals surface area contributed by atoms with E-state index in [1.807, 2.05) is 12.1 Å². The predicted octanol–water partition coefficient (Wildman–Crippen LogP) is 6.35. The molecule has 1 heterocycles. The smallest absolute Gasteiger partial charge is 0.0406 e. The van der Waals surface area contributed by atoms with Crippen molar-refractivity contribution < 1.29 is 0 Å². The summed E-state index contributed by atoms with van der Waals surface area (Å²) >= 11 is 8.12. The van der Waals surface area contributed by atoms with E-state index in [0.29, 0.717) is 5.92 Å². The lowest BCUT2D eigenvalue weighted by Crippen LogP contribution is -2.02. The van der Waals surface area contributed by atoms with Crippen molar-refractivity contribution in [1.29, 1.82) is 0 Å². The highest BCUT2D eigenvalue weighted by Crippen LogP contribution is 2.45. The highest BCUT2D eigenvalue weighted by atomic mass is 35.5. The zero-order valence-electron chi connectivity index (χ0n) is 13.4. The van der Waals surface area contributed by atoms with Crippen LogP contribution in [0, 0.1) is 5.92 Å². The molecule has 2 heteroatoms. The summed E-state index contributed by atoms with van der Waals surface area (Å²) in [6.07, 6.45) is 4.97. The average Bonchev–Trinajstić information content (AvgIpc) is 3.16. The molecule has 0 spiro atoms. The maximum atomic E-state index is 6.03. The summed E-state index contributed by atoms with van der Waals surface area (Å²) in [5.41, 5.74) is 7.28. The molecule has 2 atom stereocenters. The fourth-order valence-corrected chi connectivity index (χ4v) is 5.33. The molecule has 0 nitrogen and oxygen atoms in total. The Morgan fingerprint density at radius 1 is 1.09 bits per heavy atom. The van der Waals surface area contributed by atoms with Crippen molar-refractivity contribution in [2.24, 2.45) is 5.92 Å². The second kappa shape index (κ2) is 6.37. The van der Waals surface area contributed by atoms with E-state index >= 15 is 0 Å². The van der Waals surface area contributed by atoms with Gasteiger partial charge in [-0.05, 0) is 53.1 Å². The molecule has 0 N–H and O–H groups in total. The maximum Gasteiger partial charge on any atom is 0.0406 e. The zero-order chi connectivity index (χ0) is 15.8. The van der Waals surface area contributed by atoms with Crippen molar-refractivity contribution in [2.45, 2.75) is 25.7 Å². The monoisotopic (exact) mass is 340 g/mol. The Hall–Kier alpha value is -1.18. The zero-order valence-corrected chi connectivity index (χ0v) is 15.0. The summed E-state index contributed by atoms with van der Waals surface area (Å²) in [6, 6.07) is 15.2. The Morgan fingerprint density at radius 2 is 1.87 bits per heavy atom. The molecular weight excluding hydrogens is 320 g/mol. The predicted molar refractivity (Wildman–Crippen MR) is 103 cm³/mol. The van der Waals surface area contributed by atoms with Crippen molar-refractivity contribution in [3.8, 4) is 11.1 Å². The fourth-order valence-electron chi connectivity index (χ4n) is 3.88. The summed E-state index contributed by atoms with van der Waals surface area (Å²) in [4.78, 5) is 0. The van der Waals surface area contributed by atoms with Crippen molar-refractivity contribution >= 4 is 23.4 Å². The van der Waals surface area contributed by atoms with Gasteiger partial charge >= 0.3 is 0 Å². The number of allylic oxidation sites excluding steroid dienone is 1. The first kappa shape index (κ1) is 15.4. The van der Waals surface area contributed by atoms with Gasteiger partial charge in [0.15, 0.2) is 0 Å². The summed E-state index contributed by atoms with van der Waals surface area (Å²) in [7, 11) is 0. The number of thioether (sulfide) groups is 1. The van der Waals surface area contributed by atoms with Gasteiger partial charge in [0, 0.05) is 22.4 Å². The van der Waals surface area contributed by atoms with Crippen LogP contribution >= 0.6 is 23.4 Å². The summed E-state index contributed by atoms with van der Waals surface area (Å²) in [5, 5.41) is 0.796. The molecule has 2 unspecified atom stereocenters. The quantitative estimate of drug-likeness (QED) is 0.587. The van der Waals surface area contributed by atoms with E-state index < -0.39 is 0 Å². The van der Waals surface area contributed by atoms with Gasteiger partial charge in [-0.3, -0.25) is 0 Å². The Bertz CT molecular complexity index is 745. The summed E-state index contributed by atoms with van der Waals surface area (Å²) < 4.78 is 0. The third-order valence-electron chi connectivity index (χ3n) is 5.17. The number of aryl methyl sites for hydroxylation is 1. The first-order valence-corrected chi connectivity index (χ1v) is 9.95. The molecule has 4 rings (SSSR count). The molecule has 0 saturated carbocycles. The Balaban J connectivity index is 1.72. The van der Waals surface area contributed by atoms with Gasteiger partial charge in [0.05, 0.1) is 0 Å². The van der Waals surface area contributed by atoms with Crippen LogP contribution in [0.15, 0.2) is 54.1 Å². The van der Waals surface area contributed by atoms with Crippen LogP contribution in [0.4, 0.5) is 0 Å². The standard InChI is InChI=1S/C21H21ClS/c1-2-14-3-4-16(15-5-7-20(22)8-6-15)11-21(14)17-9-18-12-23-13-19(18)10-17/h3-9,11,17,19H,2,10,12-13H2,1H3. The number of fused-ring (bicyclic) bond motifs is 1. The van der Waals surface area contributed by atoms with Gasteiger partial charge < -0.3 is 0 Å². The number of hydrogen-bond acceptors (Lipinski definition) is 1. The number of halogens is 1. The van der Waals surface area contributed by atoms with Gasteiger partial charge in [-0.25, -0.2) is 0 Å². The molecule has 118 valence electrons. The molecule has 2 aliphatic rings. The molecule has 1 fully saturated rings. The molecule has 2 aromatic rings. The van der Waals surface area contributed by atoms with Crippen molar-refractivity contribution in [1.82, 2.24) is 0 Å². The van der Waals surface area contributed by atoms with Crippen LogP contribution in [0.25, 0.3) is 11.1 Å². The minimum Gasteiger partial charge on any atom is -0.157 e. The Morgan fingerprint density at radius 3 is 2.61 bits per heavy atom. The van der Waals surface area contributed by atoms with E-state index in [1.165, 1.54) is 40.2 Å². The molecule has 1 aliphatic heterocycles. The fraction of sp³-hybridized carbons (Fsp3) is 0.333. The first-order valence-electron chi connectivity index (χ1n) is 8.41. The molecule has 0 amide bonds. The molecule has 1 aliphatic carbocycles. The highest BCUT2D eigenvalue weighted by molar-refractivity contribution is 7.99. The maximum absolute atomic E-state index is 6.03. The second-order valence-corrected chi connectivity index (χ2v) is 8.04. The van der Waals surface area contributed by atoms with Gasteiger partial charge in [0.2, 0.25) is 0 Å². The number of benzene rings is 2. The van der Waals surface area contributed by atoms with E-state index in [0.717, 1.165) is 17.4 Å². The Kier molecular flexibility index (Phi) is 4.26. The highest BCUT2D eigenvalue weighted by Gasteiger charge is 2.31. The van der Waals surface area contributed by atoms with Crippen LogP contribution in [0.3, 0.4) is 0 Å². The normalized spacial score (nSPS) is 23.0. The lowest BCUT2D eigenvalue weighted by Gasteiger charge is -2.17. The summed E-state index contributed by atoms with van der Waals surface area (Å²) in [6.45, 7) is 2.26. The van der Waals surface area contributed by atoms with Crippen LogP contribution in [0.2, 0.25) is 5.02 Å².